The fourth-order valence-corrected chi connectivity index (χ4v) is 2.11. The average Bonchev–Trinajstić information content (AvgIpc) is 2.62. The van der Waals surface area contributed by atoms with Crippen LogP contribution >= 0.6 is 11.8 Å². The van der Waals surface area contributed by atoms with Crippen LogP contribution < -0.4 is 5.73 Å². The van der Waals surface area contributed by atoms with Gasteiger partial charge >= 0.3 is 0 Å². The molecule has 0 aliphatic rings. The maximum atomic E-state index is 5.75. The fourth-order valence-electron chi connectivity index (χ4n) is 1.30. The maximum Gasteiger partial charge on any atom is 0.195 e. The lowest BCUT2D eigenvalue weighted by atomic mass is 10.2. The van der Waals surface area contributed by atoms with Crippen LogP contribution in [0.3, 0.4) is 0 Å². The number of aromatic nitrogens is 4. The van der Waals surface area contributed by atoms with Crippen LogP contribution in [0.2, 0.25) is 0 Å². The predicted octanol–water partition coefficient (Wildman–Crippen LogP) is 1.69. The molecule has 1 atom stereocenters. The third-order valence-corrected chi connectivity index (χ3v) is 3.50. The molecule has 17 heavy (non-hydrogen) atoms. The van der Waals surface area contributed by atoms with E-state index < -0.39 is 0 Å². The zero-order chi connectivity index (χ0) is 12.4. The van der Waals surface area contributed by atoms with Crippen molar-refractivity contribution in [2.75, 3.05) is 0 Å². The number of hydrogen-bond acceptors (Lipinski definition) is 5. The van der Waals surface area contributed by atoms with Gasteiger partial charge in [0.25, 0.3) is 0 Å². The van der Waals surface area contributed by atoms with E-state index in [1.54, 1.807) is 11.8 Å². The molecule has 90 valence electrons. The summed E-state index contributed by atoms with van der Waals surface area (Å²) in [6.07, 6.45) is 1.81. The molecule has 0 radical (unpaired) electrons. The molecule has 0 aromatic carbocycles. The van der Waals surface area contributed by atoms with Gasteiger partial charge in [-0.3, -0.25) is 4.98 Å². The standard InChI is InChI=1S/C11H15N5S/c1-7(12)10-5-4-9(6-13-10)17-11-15-14-8(2)16(11)3/h4-7H,12H2,1-3H3/t7-/m1/s1. The highest BCUT2D eigenvalue weighted by atomic mass is 32.2. The van der Waals surface area contributed by atoms with Gasteiger partial charge in [0.1, 0.15) is 5.82 Å². The van der Waals surface area contributed by atoms with Crippen molar-refractivity contribution in [3.63, 3.8) is 0 Å². The van der Waals surface area contributed by atoms with Crippen LogP contribution in [0.1, 0.15) is 24.5 Å². The second-order valence-corrected chi connectivity index (χ2v) is 4.94. The first-order valence-corrected chi connectivity index (χ1v) is 6.15. The van der Waals surface area contributed by atoms with Gasteiger partial charge in [-0.1, -0.05) is 0 Å². The van der Waals surface area contributed by atoms with Gasteiger partial charge in [-0.05, 0) is 37.7 Å². The molecule has 0 bridgehead atoms. The Balaban J connectivity index is 2.17. The Kier molecular flexibility index (Phi) is 3.44. The van der Waals surface area contributed by atoms with E-state index in [1.165, 1.54) is 0 Å². The van der Waals surface area contributed by atoms with Gasteiger partial charge in [0.05, 0.1) is 5.69 Å². The smallest absolute Gasteiger partial charge is 0.195 e. The first-order chi connectivity index (χ1) is 8.08. The normalized spacial score (nSPS) is 12.7. The Labute approximate surface area is 104 Å². The summed E-state index contributed by atoms with van der Waals surface area (Å²) in [5.41, 5.74) is 6.64. The number of nitrogens with zero attached hydrogens (tertiary/aromatic N) is 4. The predicted molar refractivity (Wildman–Crippen MR) is 66.7 cm³/mol. The van der Waals surface area contributed by atoms with E-state index in [0.29, 0.717) is 0 Å². The maximum absolute atomic E-state index is 5.75. The Bertz CT molecular complexity index is 503. The fraction of sp³-hybridized carbons (Fsp3) is 0.364. The number of aryl methyl sites for hydroxylation is 1. The largest absolute Gasteiger partial charge is 0.323 e. The van der Waals surface area contributed by atoms with Crippen LogP contribution in [0, 0.1) is 6.92 Å². The minimum atomic E-state index is -0.0360. The third kappa shape index (κ3) is 2.65. The van der Waals surface area contributed by atoms with Gasteiger partial charge in [0.2, 0.25) is 0 Å². The van der Waals surface area contributed by atoms with Crippen molar-refractivity contribution in [2.45, 2.75) is 29.9 Å². The zero-order valence-electron chi connectivity index (χ0n) is 10.1. The summed E-state index contributed by atoms with van der Waals surface area (Å²) < 4.78 is 1.95. The van der Waals surface area contributed by atoms with Crippen LogP contribution in [0.15, 0.2) is 28.4 Å². The summed E-state index contributed by atoms with van der Waals surface area (Å²) in [4.78, 5) is 5.34. The van der Waals surface area contributed by atoms with Crippen LogP contribution in [-0.4, -0.2) is 19.7 Å². The van der Waals surface area contributed by atoms with E-state index in [0.717, 1.165) is 21.6 Å². The summed E-state index contributed by atoms with van der Waals surface area (Å²) in [6.45, 7) is 3.84. The second-order valence-electron chi connectivity index (χ2n) is 3.90. The molecule has 2 aromatic rings. The van der Waals surface area contributed by atoms with E-state index in [1.807, 2.05) is 43.8 Å². The molecule has 0 fully saturated rings. The van der Waals surface area contributed by atoms with Gasteiger partial charge in [-0.25, -0.2) is 0 Å². The third-order valence-electron chi connectivity index (χ3n) is 2.49. The summed E-state index contributed by atoms with van der Waals surface area (Å²) >= 11 is 1.54. The Morgan fingerprint density at radius 2 is 2.12 bits per heavy atom. The molecule has 2 heterocycles. The van der Waals surface area contributed by atoms with Crippen molar-refractivity contribution >= 4 is 11.8 Å². The molecule has 6 heteroatoms. The molecule has 2 aromatic heterocycles. The second kappa shape index (κ2) is 4.85. The van der Waals surface area contributed by atoms with E-state index in [2.05, 4.69) is 15.2 Å². The molecule has 2 rings (SSSR count). The van der Waals surface area contributed by atoms with Crippen molar-refractivity contribution in [1.29, 1.82) is 0 Å². The first-order valence-electron chi connectivity index (χ1n) is 5.33. The molecule has 0 aliphatic heterocycles. The SMILES string of the molecule is Cc1nnc(Sc2ccc([C@@H](C)N)nc2)n1C. The van der Waals surface area contributed by atoms with Gasteiger partial charge in [0.15, 0.2) is 5.16 Å². The Morgan fingerprint density at radius 3 is 2.59 bits per heavy atom. The van der Waals surface area contributed by atoms with Gasteiger partial charge < -0.3 is 10.3 Å². The van der Waals surface area contributed by atoms with Crippen LogP contribution in [0.5, 0.6) is 0 Å². The summed E-state index contributed by atoms with van der Waals surface area (Å²) in [6, 6.07) is 3.91. The van der Waals surface area contributed by atoms with E-state index in [9.17, 15) is 0 Å². The first kappa shape index (κ1) is 12.1. The topological polar surface area (TPSA) is 69.6 Å². The summed E-state index contributed by atoms with van der Waals surface area (Å²) in [5.74, 6) is 0.896. The van der Waals surface area contributed by atoms with Gasteiger partial charge in [-0.15, -0.1) is 10.2 Å². The molecule has 0 aliphatic carbocycles. The van der Waals surface area contributed by atoms with E-state index >= 15 is 0 Å². The van der Waals surface area contributed by atoms with Crippen molar-refractivity contribution in [2.24, 2.45) is 12.8 Å². The molecule has 5 nitrogen and oxygen atoms in total. The molecule has 0 saturated heterocycles. The number of pyridine rings is 1. The minimum absolute atomic E-state index is 0.0360. The highest BCUT2D eigenvalue weighted by Gasteiger charge is 2.07. The molecule has 0 amide bonds. The van der Waals surface area contributed by atoms with Crippen molar-refractivity contribution in [1.82, 2.24) is 19.7 Å². The van der Waals surface area contributed by atoms with Crippen molar-refractivity contribution in [3.05, 3.63) is 29.8 Å². The Morgan fingerprint density at radius 1 is 1.35 bits per heavy atom. The lowest BCUT2D eigenvalue weighted by molar-refractivity contribution is 0.763. The highest BCUT2D eigenvalue weighted by Crippen LogP contribution is 2.25. The lowest BCUT2D eigenvalue weighted by Gasteiger charge is -2.05. The zero-order valence-corrected chi connectivity index (χ0v) is 10.9. The van der Waals surface area contributed by atoms with E-state index in [4.69, 9.17) is 5.73 Å². The molecule has 0 saturated carbocycles. The monoisotopic (exact) mass is 249 g/mol. The molecular weight excluding hydrogens is 234 g/mol. The number of nitrogens with two attached hydrogens (primary N) is 1. The Hall–Kier alpha value is -1.40. The van der Waals surface area contributed by atoms with Gasteiger partial charge in [-0.2, -0.15) is 0 Å². The number of hydrogen-bond donors (Lipinski definition) is 1. The van der Waals surface area contributed by atoms with Crippen molar-refractivity contribution in [3.8, 4) is 0 Å². The molecule has 0 unspecified atom stereocenters. The summed E-state index contributed by atoms with van der Waals surface area (Å²) in [7, 11) is 1.95. The quantitative estimate of drug-likeness (QED) is 0.896. The van der Waals surface area contributed by atoms with Crippen molar-refractivity contribution < 1.29 is 0 Å². The van der Waals surface area contributed by atoms with Crippen LogP contribution in [0.4, 0.5) is 0 Å². The number of rotatable bonds is 3. The minimum Gasteiger partial charge on any atom is -0.323 e. The lowest BCUT2D eigenvalue weighted by Crippen LogP contribution is -2.06. The average molecular weight is 249 g/mol. The van der Waals surface area contributed by atoms with E-state index in [-0.39, 0.29) is 6.04 Å². The van der Waals surface area contributed by atoms with Gasteiger partial charge in [0, 0.05) is 24.2 Å². The molecule has 0 spiro atoms. The van der Waals surface area contributed by atoms with Crippen LogP contribution in [0.25, 0.3) is 0 Å². The molecular formula is C11H15N5S. The highest BCUT2D eigenvalue weighted by molar-refractivity contribution is 7.99. The van der Waals surface area contributed by atoms with Crippen LogP contribution in [-0.2, 0) is 7.05 Å². The molecule has 2 N–H and O–H groups in total. The summed E-state index contributed by atoms with van der Waals surface area (Å²) in [5, 5.41) is 8.96.